The Morgan fingerprint density at radius 3 is 2.28 bits per heavy atom. The van der Waals surface area contributed by atoms with E-state index in [1.54, 1.807) is 20.3 Å². The van der Waals surface area contributed by atoms with Gasteiger partial charge in [0.2, 0.25) is 0 Å². The molecule has 1 N–H and O–H groups in total. The van der Waals surface area contributed by atoms with Crippen LogP contribution in [-0.2, 0) is 25.8 Å². The predicted octanol–water partition coefficient (Wildman–Crippen LogP) is 7.44. The first kappa shape index (κ1) is 25.9. The van der Waals surface area contributed by atoms with Crippen LogP contribution in [0.25, 0.3) is 0 Å². The van der Waals surface area contributed by atoms with E-state index in [-0.39, 0.29) is 0 Å². The van der Waals surface area contributed by atoms with Crippen LogP contribution >= 0.6 is 0 Å². The predicted molar refractivity (Wildman–Crippen MR) is 149 cm³/mol. The number of hydrogen-bond donors (Lipinski definition) is 1. The van der Waals surface area contributed by atoms with Gasteiger partial charge in [0.1, 0.15) is 5.75 Å². The van der Waals surface area contributed by atoms with Gasteiger partial charge < -0.3 is 19.5 Å². The average Bonchev–Trinajstić information content (AvgIpc) is 2.91. The molecule has 0 saturated heterocycles. The van der Waals surface area contributed by atoms with Crippen molar-refractivity contribution in [2.24, 2.45) is 0 Å². The van der Waals surface area contributed by atoms with Crippen LogP contribution in [0.2, 0.25) is 0 Å². The summed E-state index contributed by atoms with van der Waals surface area (Å²) in [7, 11) is 3.41. The molecule has 4 nitrogen and oxygen atoms in total. The Bertz CT molecular complexity index is 1140. The highest BCUT2D eigenvalue weighted by Gasteiger charge is 2.26. The van der Waals surface area contributed by atoms with Crippen molar-refractivity contribution in [1.82, 2.24) is 0 Å². The number of anilines is 1. The van der Waals surface area contributed by atoms with Crippen molar-refractivity contribution in [2.45, 2.75) is 71.3 Å². The second-order valence-corrected chi connectivity index (χ2v) is 9.95. The van der Waals surface area contributed by atoms with Gasteiger partial charge in [-0.1, -0.05) is 50.1 Å². The van der Waals surface area contributed by atoms with Crippen molar-refractivity contribution in [1.29, 1.82) is 0 Å². The fourth-order valence-corrected chi connectivity index (χ4v) is 5.47. The maximum Gasteiger partial charge on any atom is 0.162 e. The van der Waals surface area contributed by atoms with E-state index in [2.05, 4.69) is 61.2 Å². The average molecular weight is 488 g/mol. The van der Waals surface area contributed by atoms with Gasteiger partial charge >= 0.3 is 0 Å². The van der Waals surface area contributed by atoms with Gasteiger partial charge in [-0.25, -0.2) is 0 Å². The molecule has 192 valence electrons. The zero-order valence-electron chi connectivity index (χ0n) is 22.3. The van der Waals surface area contributed by atoms with Crippen molar-refractivity contribution in [3.8, 4) is 17.2 Å². The SMILES string of the molecule is CCCCCc1ccc(CN(CC)c2cc(OC)c(OC)cc2[C@@H]2CCc3cc(O)ccc3C2)cc1. The van der Waals surface area contributed by atoms with Crippen molar-refractivity contribution in [2.75, 3.05) is 25.7 Å². The molecule has 0 spiro atoms. The molecule has 0 amide bonds. The van der Waals surface area contributed by atoms with E-state index in [0.29, 0.717) is 11.7 Å². The number of phenols is 1. The zero-order chi connectivity index (χ0) is 25.5. The van der Waals surface area contributed by atoms with Crippen LogP contribution in [0.1, 0.15) is 73.3 Å². The molecule has 0 radical (unpaired) electrons. The Hall–Kier alpha value is -3.14. The number of ether oxygens (including phenoxy) is 2. The number of fused-ring (bicyclic) bond motifs is 1. The topological polar surface area (TPSA) is 41.9 Å². The van der Waals surface area contributed by atoms with Crippen LogP contribution < -0.4 is 14.4 Å². The van der Waals surface area contributed by atoms with E-state index in [1.807, 2.05) is 6.07 Å². The number of aromatic hydroxyl groups is 1. The minimum Gasteiger partial charge on any atom is -0.508 e. The minimum atomic E-state index is 0.354. The summed E-state index contributed by atoms with van der Waals surface area (Å²) >= 11 is 0. The van der Waals surface area contributed by atoms with E-state index < -0.39 is 0 Å². The molecule has 0 heterocycles. The molecule has 3 aromatic carbocycles. The first-order valence-electron chi connectivity index (χ1n) is 13.5. The number of nitrogens with zero attached hydrogens (tertiary/aromatic N) is 1. The van der Waals surface area contributed by atoms with Crippen molar-refractivity contribution < 1.29 is 14.6 Å². The van der Waals surface area contributed by atoms with Crippen LogP contribution in [0, 0.1) is 0 Å². The second kappa shape index (κ2) is 12.2. The molecular weight excluding hydrogens is 446 g/mol. The molecule has 0 saturated carbocycles. The molecule has 4 rings (SSSR count). The summed E-state index contributed by atoms with van der Waals surface area (Å²) in [6.07, 6.45) is 7.94. The lowest BCUT2D eigenvalue weighted by atomic mass is 9.79. The van der Waals surface area contributed by atoms with Crippen molar-refractivity contribution >= 4 is 5.69 Å². The Morgan fingerprint density at radius 1 is 0.861 bits per heavy atom. The number of hydrogen-bond acceptors (Lipinski definition) is 4. The third-order valence-electron chi connectivity index (χ3n) is 7.58. The fraction of sp³-hybridized carbons (Fsp3) is 0.438. The van der Waals surface area contributed by atoms with Crippen LogP contribution in [0.15, 0.2) is 54.6 Å². The third-order valence-corrected chi connectivity index (χ3v) is 7.58. The second-order valence-electron chi connectivity index (χ2n) is 9.95. The zero-order valence-corrected chi connectivity index (χ0v) is 22.3. The summed E-state index contributed by atoms with van der Waals surface area (Å²) in [6, 6.07) is 19.3. The Kier molecular flexibility index (Phi) is 8.79. The third kappa shape index (κ3) is 5.98. The van der Waals surface area contributed by atoms with Crippen LogP contribution in [0.3, 0.4) is 0 Å². The highest BCUT2D eigenvalue weighted by molar-refractivity contribution is 5.64. The van der Waals surface area contributed by atoms with Gasteiger partial charge in [-0.05, 0) is 91.0 Å². The molecule has 0 aromatic heterocycles. The molecule has 3 aromatic rings. The standard InChI is InChI=1S/C32H41NO3/c1-5-7-8-9-23-10-12-24(13-11-23)22-33(6-2)30-21-32(36-4)31(35-3)20-29(30)27-15-14-26-19-28(34)17-16-25(26)18-27/h10-13,16-17,19-21,27,34H,5-9,14-15,18,22H2,1-4H3/t27-/m1/s1. The highest BCUT2D eigenvalue weighted by atomic mass is 16.5. The summed E-state index contributed by atoms with van der Waals surface area (Å²) in [5, 5.41) is 9.92. The Labute approximate surface area is 216 Å². The first-order chi connectivity index (χ1) is 17.6. The first-order valence-corrected chi connectivity index (χ1v) is 13.5. The van der Waals surface area contributed by atoms with Crippen LogP contribution in [-0.4, -0.2) is 25.9 Å². The molecule has 0 fully saturated rings. The molecule has 0 aliphatic heterocycles. The summed E-state index contributed by atoms with van der Waals surface area (Å²) in [6.45, 7) is 6.23. The van der Waals surface area contributed by atoms with Gasteiger partial charge in [0.15, 0.2) is 11.5 Å². The highest BCUT2D eigenvalue weighted by Crippen LogP contribution is 2.43. The van der Waals surface area contributed by atoms with E-state index in [0.717, 1.165) is 50.3 Å². The van der Waals surface area contributed by atoms with Gasteiger partial charge in [-0.2, -0.15) is 0 Å². The Balaban J connectivity index is 1.63. The molecule has 4 heteroatoms. The summed E-state index contributed by atoms with van der Waals surface area (Å²) in [4.78, 5) is 2.45. The summed E-state index contributed by atoms with van der Waals surface area (Å²) in [5.41, 5.74) is 7.86. The quantitative estimate of drug-likeness (QED) is 0.285. The molecule has 36 heavy (non-hydrogen) atoms. The van der Waals surface area contributed by atoms with E-state index in [4.69, 9.17) is 9.47 Å². The lowest BCUT2D eigenvalue weighted by Gasteiger charge is -2.32. The van der Waals surface area contributed by atoms with Crippen molar-refractivity contribution in [3.63, 3.8) is 0 Å². The van der Waals surface area contributed by atoms with Gasteiger partial charge in [-0.15, -0.1) is 0 Å². The van der Waals surface area contributed by atoms with E-state index in [9.17, 15) is 5.11 Å². The van der Waals surface area contributed by atoms with Crippen LogP contribution in [0.4, 0.5) is 5.69 Å². The summed E-state index contributed by atoms with van der Waals surface area (Å²) < 4.78 is 11.4. The van der Waals surface area contributed by atoms with Crippen LogP contribution in [0.5, 0.6) is 17.2 Å². The molecule has 1 atom stereocenters. The molecule has 1 aliphatic rings. The molecule has 0 unspecified atom stereocenters. The van der Waals surface area contributed by atoms with Gasteiger partial charge in [0.05, 0.1) is 14.2 Å². The number of rotatable bonds is 11. The number of methoxy groups -OCH3 is 2. The number of aryl methyl sites for hydroxylation is 2. The van der Waals surface area contributed by atoms with Gasteiger partial charge in [0.25, 0.3) is 0 Å². The summed E-state index contributed by atoms with van der Waals surface area (Å²) in [5.74, 6) is 2.28. The maximum absolute atomic E-state index is 9.92. The molecule has 0 bridgehead atoms. The van der Waals surface area contributed by atoms with Gasteiger partial charge in [0, 0.05) is 24.8 Å². The number of phenolic OH excluding ortho intramolecular Hbond substituents is 1. The van der Waals surface area contributed by atoms with E-state index in [1.165, 1.54) is 52.8 Å². The Morgan fingerprint density at radius 2 is 1.58 bits per heavy atom. The smallest absolute Gasteiger partial charge is 0.162 e. The van der Waals surface area contributed by atoms with E-state index >= 15 is 0 Å². The monoisotopic (exact) mass is 487 g/mol. The number of benzene rings is 3. The largest absolute Gasteiger partial charge is 0.508 e. The lowest BCUT2D eigenvalue weighted by molar-refractivity contribution is 0.354. The molecular formula is C32H41NO3. The minimum absolute atomic E-state index is 0.354. The fourth-order valence-electron chi connectivity index (χ4n) is 5.47. The maximum atomic E-state index is 9.92. The number of unbranched alkanes of at least 4 members (excludes halogenated alkanes) is 2. The van der Waals surface area contributed by atoms with Crippen molar-refractivity contribution in [3.05, 3.63) is 82.4 Å². The molecule has 1 aliphatic carbocycles. The normalized spacial score (nSPS) is 14.8. The lowest BCUT2D eigenvalue weighted by Crippen LogP contribution is -2.25. The van der Waals surface area contributed by atoms with Gasteiger partial charge in [-0.3, -0.25) is 0 Å².